The largest absolute Gasteiger partial charge is 0.348 e. The Labute approximate surface area is 221 Å². The number of carbonyl (C=O) groups is 1. The Morgan fingerprint density at radius 1 is 1.06 bits per heavy atom. The first kappa shape index (κ1) is 26.7. The highest BCUT2D eigenvalue weighted by atomic mass is 35.5. The quantitative estimate of drug-likeness (QED) is 0.381. The summed E-state index contributed by atoms with van der Waals surface area (Å²) in [6.07, 6.45) is 0.981. The van der Waals surface area contributed by atoms with Gasteiger partial charge in [-0.1, -0.05) is 55.4 Å². The smallest absolute Gasteiger partial charge is 0.252 e. The molecule has 3 aromatic carbocycles. The normalized spacial score (nSPS) is 18.7. The zero-order chi connectivity index (χ0) is 25.9. The molecule has 0 aliphatic carbocycles. The van der Waals surface area contributed by atoms with E-state index in [0.29, 0.717) is 23.0 Å². The number of hydrogen-bond donors (Lipinski definition) is 1. The molecule has 1 aliphatic heterocycles. The van der Waals surface area contributed by atoms with Crippen molar-refractivity contribution >= 4 is 39.3 Å². The van der Waals surface area contributed by atoms with E-state index in [1.807, 2.05) is 32.0 Å². The first-order chi connectivity index (χ1) is 17.1. The molecule has 1 N–H and O–H groups in total. The number of sulfonamides is 1. The topological polar surface area (TPSA) is 66.5 Å². The molecular weight excluding hydrogens is 519 g/mol. The summed E-state index contributed by atoms with van der Waals surface area (Å²) in [5.74, 6) is -0.258. The average Bonchev–Trinajstić information content (AvgIpc) is 2.84. The van der Waals surface area contributed by atoms with Crippen LogP contribution in [0.25, 0.3) is 0 Å². The molecule has 0 aromatic heterocycles. The molecule has 0 spiro atoms. The van der Waals surface area contributed by atoms with Gasteiger partial charge < -0.3 is 5.32 Å². The van der Waals surface area contributed by atoms with E-state index in [1.165, 1.54) is 40.3 Å². The van der Waals surface area contributed by atoms with Crippen LogP contribution >= 0.6 is 23.4 Å². The molecular formula is C27H28ClFN2O3S2. The fourth-order valence-corrected chi connectivity index (χ4v) is 7.26. The van der Waals surface area contributed by atoms with E-state index in [0.717, 1.165) is 16.9 Å². The molecule has 1 amide bonds. The van der Waals surface area contributed by atoms with Gasteiger partial charge in [0.1, 0.15) is 5.82 Å². The molecule has 0 unspecified atom stereocenters. The highest BCUT2D eigenvalue weighted by molar-refractivity contribution is 7.99. The lowest BCUT2D eigenvalue weighted by Gasteiger charge is -2.34. The molecule has 190 valence electrons. The number of benzene rings is 3. The van der Waals surface area contributed by atoms with Crippen LogP contribution in [-0.4, -0.2) is 31.7 Å². The summed E-state index contributed by atoms with van der Waals surface area (Å²) in [4.78, 5) is 14.7. The lowest BCUT2D eigenvalue weighted by Crippen LogP contribution is -2.42. The van der Waals surface area contributed by atoms with Crippen molar-refractivity contribution < 1.29 is 17.6 Å². The SMILES string of the molecule is C[C@H]1C[C@H](C)CN(S(=O)(=O)c2ccc(Sc3ccc(F)cc3)c(C(=O)NCc3ccccc3Cl)c2)C1. The maximum Gasteiger partial charge on any atom is 0.252 e. The van der Waals surface area contributed by atoms with E-state index in [-0.39, 0.29) is 34.7 Å². The Bertz CT molecular complexity index is 1340. The van der Waals surface area contributed by atoms with Crippen molar-refractivity contribution in [1.82, 2.24) is 9.62 Å². The van der Waals surface area contributed by atoms with E-state index < -0.39 is 15.9 Å². The van der Waals surface area contributed by atoms with Crippen LogP contribution in [0.2, 0.25) is 5.02 Å². The third kappa shape index (κ3) is 6.29. The van der Waals surface area contributed by atoms with Crippen LogP contribution in [-0.2, 0) is 16.6 Å². The van der Waals surface area contributed by atoms with Gasteiger partial charge in [-0.05, 0) is 72.4 Å². The lowest BCUT2D eigenvalue weighted by atomic mass is 9.94. The second-order valence-electron chi connectivity index (χ2n) is 9.26. The van der Waals surface area contributed by atoms with Gasteiger partial charge in [0.25, 0.3) is 5.91 Å². The van der Waals surface area contributed by atoms with E-state index >= 15 is 0 Å². The zero-order valence-corrected chi connectivity index (χ0v) is 22.5. The third-order valence-corrected chi connectivity index (χ3v) is 9.39. The number of rotatable bonds is 7. The number of nitrogens with zero attached hydrogens (tertiary/aromatic N) is 1. The summed E-state index contributed by atoms with van der Waals surface area (Å²) in [5.41, 5.74) is 0.982. The summed E-state index contributed by atoms with van der Waals surface area (Å²) in [6, 6.07) is 17.7. The standard InChI is InChI=1S/C27H28ClFN2O3S2/c1-18-13-19(2)17-31(16-18)36(33,34)23-11-12-26(35-22-9-7-21(29)8-10-22)24(14-23)27(32)30-15-20-5-3-4-6-25(20)28/h3-12,14,18-19H,13,15-17H2,1-2H3,(H,30,32)/t18-,19-/m0/s1. The third-order valence-electron chi connectivity index (χ3n) is 6.11. The molecule has 1 heterocycles. The predicted molar refractivity (Wildman–Crippen MR) is 141 cm³/mol. The molecule has 0 bridgehead atoms. The zero-order valence-electron chi connectivity index (χ0n) is 20.1. The van der Waals surface area contributed by atoms with Gasteiger partial charge in [0, 0.05) is 34.4 Å². The average molecular weight is 547 g/mol. The van der Waals surface area contributed by atoms with Gasteiger partial charge in [-0.25, -0.2) is 12.8 Å². The van der Waals surface area contributed by atoms with Gasteiger partial charge in [-0.3, -0.25) is 4.79 Å². The number of amides is 1. The first-order valence-corrected chi connectivity index (χ1v) is 14.4. The number of nitrogens with one attached hydrogen (secondary N) is 1. The van der Waals surface area contributed by atoms with Gasteiger partial charge >= 0.3 is 0 Å². The molecule has 1 saturated heterocycles. The maximum atomic E-state index is 13.5. The van der Waals surface area contributed by atoms with Gasteiger partial charge in [0.15, 0.2) is 0 Å². The van der Waals surface area contributed by atoms with Crippen LogP contribution < -0.4 is 5.32 Å². The Balaban J connectivity index is 1.67. The van der Waals surface area contributed by atoms with Crippen LogP contribution in [0.15, 0.2) is 81.4 Å². The Kier molecular flexibility index (Phi) is 8.40. The van der Waals surface area contributed by atoms with E-state index in [4.69, 9.17) is 11.6 Å². The molecule has 4 rings (SSSR count). The summed E-state index contributed by atoms with van der Waals surface area (Å²) in [7, 11) is -3.78. The minimum atomic E-state index is -3.78. The highest BCUT2D eigenvalue weighted by Gasteiger charge is 2.32. The first-order valence-electron chi connectivity index (χ1n) is 11.7. The molecule has 36 heavy (non-hydrogen) atoms. The van der Waals surface area contributed by atoms with Crippen LogP contribution in [0.5, 0.6) is 0 Å². The van der Waals surface area contributed by atoms with Crippen LogP contribution in [0.3, 0.4) is 0 Å². The molecule has 5 nitrogen and oxygen atoms in total. The Hall–Kier alpha value is -2.39. The highest BCUT2D eigenvalue weighted by Crippen LogP contribution is 2.34. The molecule has 3 aromatic rings. The van der Waals surface area contributed by atoms with Crippen molar-refractivity contribution in [3.8, 4) is 0 Å². The number of hydrogen-bond acceptors (Lipinski definition) is 4. The monoisotopic (exact) mass is 546 g/mol. The van der Waals surface area contributed by atoms with Crippen molar-refractivity contribution in [2.75, 3.05) is 13.1 Å². The molecule has 9 heteroatoms. The van der Waals surface area contributed by atoms with Crippen LogP contribution in [0.4, 0.5) is 4.39 Å². The molecule has 1 fully saturated rings. The maximum absolute atomic E-state index is 13.5. The predicted octanol–water partition coefficient (Wildman–Crippen LogP) is 6.23. The van der Waals surface area contributed by atoms with Gasteiger partial charge in [-0.2, -0.15) is 4.31 Å². The fourth-order valence-electron chi connectivity index (χ4n) is 4.43. The minimum Gasteiger partial charge on any atom is -0.348 e. The van der Waals surface area contributed by atoms with Crippen molar-refractivity contribution in [3.05, 3.63) is 88.7 Å². The Morgan fingerprint density at radius 3 is 2.39 bits per heavy atom. The van der Waals surface area contributed by atoms with Crippen molar-refractivity contribution in [2.45, 2.75) is 41.5 Å². The van der Waals surface area contributed by atoms with Crippen LogP contribution in [0.1, 0.15) is 36.2 Å². The van der Waals surface area contributed by atoms with E-state index in [2.05, 4.69) is 5.32 Å². The van der Waals surface area contributed by atoms with Crippen LogP contribution in [0, 0.1) is 17.7 Å². The second-order valence-corrected chi connectivity index (χ2v) is 12.7. The second kappa shape index (κ2) is 11.3. The number of carbonyl (C=O) groups excluding carboxylic acids is 1. The summed E-state index contributed by atoms with van der Waals surface area (Å²) < 4.78 is 41.9. The van der Waals surface area contributed by atoms with E-state index in [1.54, 1.807) is 24.3 Å². The van der Waals surface area contributed by atoms with Crippen molar-refractivity contribution in [3.63, 3.8) is 0 Å². The Morgan fingerprint density at radius 2 is 1.72 bits per heavy atom. The molecule has 0 radical (unpaired) electrons. The lowest BCUT2D eigenvalue weighted by molar-refractivity contribution is 0.0947. The van der Waals surface area contributed by atoms with E-state index in [9.17, 15) is 17.6 Å². The fraction of sp³-hybridized carbons (Fsp3) is 0.296. The molecule has 0 saturated carbocycles. The summed E-state index contributed by atoms with van der Waals surface area (Å²) >= 11 is 7.50. The number of piperidine rings is 1. The summed E-state index contributed by atoms with van der Waals surface area (Å²) in [5, 5.41) is 3.39. The van der Waals surface area contributed by atoms with Gasteiger partial charge in [-0.15, -0.1) is 0 Å². The molecule has 1 aliphatic rings. The van der Waals surface area contributed by atoms with Gasteiger partial charge in [0.2, 0.25) is 10.0 Å². The summed E-state index contributed by atoms with van der Waals surface area (Å²) in [6.45, 7) is 5.19. The number of halogens is 2. The minimum absolute atomic E-state index is 0.0788. The van der Waals surface area contributed by atoms with Crippen molar-refractivity contribution in [1.29, 1.82) is 0 Å². The van der Waals surface area contributed by atoms with Gasteiger partial charge in [0.05, 0.1) is 10.5 Å². The van der Waals surface area contributed by atoms with Crippen molar-refractivity contribution in [2.24, 2.45) is 11.8 Å². The molecule has 2 atom stereocenters.